The van der Waals surface area contributed by atoms with Gasteiger partial charge in [0.15, 0.2) is 0 Å². The number of aromatic nitrogens is 4. The van der Waals surface area contributed by atoms with Crippen molar-refractivity contribution in [3.05, 3.63) is 54.2 Å². The van der Waals surface area contributed by atoms with E-state index in [1.807, 2.05) is 18.2 Å². The van der Waals surface area contributed by atoms with Crippen LogP contribution in [0.5, 0.6) is 0 Å². The molecular weight excluding hydrogens is 312 g/mol. The summed E-state index contributed by atoms with van der Waals surface area (Å²) in [6, 6.07) is 9.44. The Morgan fingerprint density at radius 2 is 1.83 bits per heavy atom. The maximum atomic E-state index is 14.2. The quantitative estimate of drug-likeness (QED) is 0.561. The van der Waals surface area contributed by atoms with Gasteiger partial charge in [-0.05, 0) is 12.1 Å². The molecule has 2 aromatic carbocycles. The van der Waals surface area contributed by atoms with Crippen LogP contribution in [-0.4, -0.2) is 20.0 Å². The molecule has 2 N–H and O–H groups in total. The van der Waals surface area contributed by atoms with E-state index in [1.54, 1.807) is 10.9 Å². The Labute approximate surface area is 134 Å². The highest BCUT2D eigenvalue weighted by Gasteiger charge is 2.24. The lowest BCUT2D eigenvalue weighted by Crippen LogP contribution is -2.07. The molecular formula is C17H11F2N5. The van der Waals surface area contributed by atoms with E-state index in [0.29, 0.717) is 17.7 Å². The minimum absolute atomic E-state index is 0.108. The van der Waals surface area contributed by atoms with Crippen molar-refractivity contribution < 1.29 is 8.78 Å². The molecule has 0 radical (unpaired) electrons. The van der Waals surface area contributed by atoms with Gasteiger partial charge in [-0.15, -0.1) is 0 Å². The van der Waals surface area contributed by atoms with Crippen LogP contribution in [0.15, 0.2) is 42.6 Å². The zero-order chi connectivity index (χ0) is 16.3. The summed E-state index contributed by atoms with van der Waals surface area (Å²) in [5.41, 5.74) is 3.59. The van der Waals surface area contributed by atoms with E-state index in [4.69, 9.17) is 0 Å². The third kappa shape index (κ3) is 1.66. The van der Waals surface area contributed by atoms with Gasteiger partial charge in [0.2, 0.25) is 0 Å². The number of anilines is 1. The van der Waals surface area contributed by atoms with Gasteiger partial charge in [0, 0.05) is 10.9 Å². The summed E-state index contributed by atoms with van der Waals surface area (Å²) in [6.07, 6.45) is 1.71. The lowest BCUT2D eigenvalue weighted by atomic mass is 10.0. The number of hydrogen-bond acceptors (Lipinski definition) is 3. The fourth-order valence-corrected chi connectivity index (χ4v) is 3.25. The van der Waals surface area contributed by atoms with Crippen LogP contribution in [-0.2, 0) is 6.67 Å². The number of hydrogen-bond donors (Lipinski definition) is 2. The lowest BCUT2D eigenvalue weighted by Gasteiger charge is -2.04. The molecule has 4 aromatic rings. The third-order valence-electron chi connectivity index (χ3n) is 4.30. The fourth-order valence-electron chi connectivity index (χ4n) is 3.25. The number of aromatic amines is 1. The Balaban J connectivity index is 1.89. The van der Waals surface area contributed by atoms with E-state index < -0.39 is 11.6 Å². The maximum Gasteiger partial charge on any atom is 0.135 e. The lowest BCUT2D eigenvalue weighted by molar-refractivity contribution is 0.587. The number of fused-ring (bicyclic) bond motifs is 2. The van der Waals surface area contributed by atoms with Gasteiger partial charge in [-0.3, -0.25) is 5.10 Å². The molecule has 0 atom stereocenters. The molecule has 0 fully saturated rings. The van der Waals surface area contributed by atoms with Crippen molar-refractivity contribution in [1.29, 1.82) is 0 Å². The van der Waals surface area contributed by atoms with Crippen LogP contribution in [0.2, 0.25) is 0 Å². The second-order valence-electron chi connectivity index (χ2n) is 5.64. The summed E-state index contributed by atoms with van der Waals surface area (Å²) in [4.78, 5) is 0. The number of nitrogens with one attached hydrogen (secondary N) is 2. The van der Waals surface area contributed by atoms with Crippen molar-refractivity contribution in [2.75, 3.05) is 5.32 Å². The molecule has 0 bridgehead atoms. The van der Waals surface area contributed by atoms with Crippen LogP contribution in [0, 0.1) is 11.6 Å². The molecule has 0 amide bonds. The smallest absolute Gasteiger partial charge is 0.135 e. The van der Waals surface area contributed by atoms with Crippen molar-refractivity contribution in [1.82, 2.24) is 20.0 Å². The van der Waals surface area contributed by atoms with Crippen molar-refractivity contribution in [2.45, 2.75) is 6.67 Å². The second-order valence-corrected chi connectivity index (χ2v) is 5.64. The van der Waals surface area contributed by atoms with E-state index in [0.717, 1.165) is 22.5 Å². The van der Waals surface area contributed by atoms with Crippen molar-refractivity contribution >= 4 is 16.6 Å². The summed E-state index contributed by atoms with van der Waals surface area (Å²) >= 11 is 0. The highest BCUT2D eigenvalue weighted by atomic mass is 19.1. The first kappa shape index (κ1) is 13.2. The largest absolute Gasteiger partial charge is 0.363 e. The van der Waals surface area contributed by atoms with Gasteiger partial charge >= 0.3 is 0 Å². The average Bonchev–Trinajstić information content (AvgIpc) is 3.14. The normalized spacial score (nSPS) is 12.8. The number of benzene rings is 2. The molecule has 1 aliphatic rings. The highest BCUT2D eigenvalue weighted by Crippen LogP contribution is 2.39. The SMILES string of the molecule is Fc1cccc(F)c1-c1nn2c3c(cccc13)-c1[nH]ncc1NC2. The predicted octanol–water partition coefficient (Wildman–Crippen LogP) is 3.75. The maximum absolute atomic E-state index is 14.2. The van der Waals surface area contributed by atoms with E-state index in [9.17, 15) is 8.78 Å². The number of para-hydroxylation sites is 1. The Kier molecular flexibility index (Phi) is 2.56. The van der Waals surface area contributed by atoms with Crippen molar-refractivity contribution in [2.24, 2.45) is 0 Å². The van der Waals surface area contributed by atoms with E-state index in [-0.39, 0.29) is 5.56 Å². The molecule has 24 heavy (non-hydrogen) atoms. The standard InChI is InChI=1S/C17H11F2N5/c18-11-5-2-6-12(19)14(11)16-10-4-1-3-9-15-13(7-21-22-15)20-8-24(23-16)17(9)10/h1-7,20H,8H2,(H,21,22). The molecule has 0 aliphatic carbocycles. The minimum Gasteiger partial charge on any atom is -0.363 e. The Morgan fingerprint density at radius 3 is 2.67 bits per heavy atom. The van der Waals surface area contributed by atoms with Gasteiger partial charge in [-0.25, -0.2) is 13.5 Å². The molecule has 0 unspecified atom stereocenters. The molecule has 5 rings (SSSR count). The Morgan fingerprint density at radius 1 is 1.04 bits per heavy atom. The van der Waals surface area contributed by atoms with Crippen LogP contribution in [0.1, 0.15) is 0 Å². The third-order valence-corrected chi connectivity index (χ3v) is 4.30. The van der Waals surface area contributed by atoms with Crippen LogP contribution in [0.25, 0.3) is 33.4 Å². The molecule has 0 spiro atoms. The molecule has 118 valence electrons. The number of H-pyrrole nitrogens is 1. The second kappa shape index (κ2) is 4.64. The first-order chi connectivity index (χ1) is 11.7. The van der Waals surface area contributed by atoms with Crippen LogP contribution < -0.4 is 5.32 Å². The van der Waals surface area contributed by atoms with Crippen molar-refractivity contribution in [3.63, 3.8) is 0 Å². The summed E-state index contributed by atoms with van der Waals surface area (Å²) in [5, 5.41) is 15.4. The zero-order valence-corrected chi connectivity index (χ0v) is 12.3. The predicted molar refractivity (Wildman–Crippen MR) is 86.3 cm³/mol. The molecule has 2 aromatic heterocycles. The average molecular weight is 323 g/mol. The van der Waals surface area contributed by atoms with Gasteiger partial charge in [0.1, 0.15) is 24.0 Å². The topological polar surface area (TPSA) is 58.5 Å². The molecule has 0 saturated heterocycles. The molecule has 5 nitrogen and oxygen atoms in total. The highest BCUT2D eigenvalue weighted by molar-refractivity contribution is 6.03. The minimum atomic E-state index is -0.626. The number of rotatable bonds is 1. The monoisotopic (exact) mass is 323 g/mol. The van der Waals surface area contributed by atoms with Gasteiger partial charge in [0.05, 0.1) is 28.7 Å². The van der Waals surface area contributed by atoms with Crippen LogP contribution in [0.3, 0.4) is 0 Å². The Hall–Kier alpha value is -3.22. The number of halogens is 2. The van der Waals surface area contributed by atoms with Crippen LogP contribution >= 0.6 is 0 Å². The van der Waals surface area contributed by atoms with Gasteiger partial charge in [0.25, 0.3) is 0 Å². The summed E-state index contributed by atoms with van der Waals surface area (Å²) in [5.74, 6) is -1.25. The molecule has 1 aliphatic heterocycles. The zero-order valence-electron chi connectivity index (χ0n) is 12.3. The van der Waals surface area contributed by atoms with Gasteiger partial charge < -0.3 is 5.32 Å². The Bertz CT molecular complexity index is 1080. The summed E-state index contributed by atoms with van der Waals surface area (Å²) < 4.78 is 30.2. The van der Waals surface area contributed by atoms with Crippen LogP contribution in [0.4, 0.5) is 14.5 Å². The molecule has 3 heterocycles. The van der Waals surface area contributed by atoms with E-state index >= 15 is 0 Å². The van der Waals surface area contributed by atoms with E-state index in [2.05, 4.69) is 20.6 Å². The summed E-state index contributed by atoms with van der Waals surface area (Å²) in [6.45, 7) is 0.385. The van der Waals surface area contributed by atoms with Crippen molar-refractivity contribution in [3.8, 4) is 22.5 Å². The molecule has 0 saturated carbocycles. The first-order valence-corrected chi connectivity index (χ1v) is 7.45. The molecule has 7 heteroatoms. The van der Waals surface area contributed by atoms with E-state index in [1.165, 1.54) is 18.2 Å². The summed E-state index contributed by atoms with van der Waals surface area (Å²) in [7, 11) is 0. The van der Waals surface area contributed by atoms with Gasteiger partial charge in [-0.1, -0.05) is 24.3 Å². The first-order valence-electron chi connectivity index (χ1n) is 7.45. The number of nitrogens with zero attached hydrogens (tertiary/aromatic N) is 3. The van der Waals surface area contributed by atoms with Gasteiger partial charge in [-0.2, -0.15) is 10.2 Å². The fraction of sp³-hybridized carbons (Fsp3) is 0.0588.